The minimum absolute atomic E-state index is 0.118. The first kappa shape index (κ1) is 15.9. The van der Waals surface area contributed by atoms with Crippen LogP contribution in [0.1, 0.15) is 15.9 Å². The fourth-order valence-electron chi connectivity index (χ4n) is 1.89. The molecule has 0 bridgehead atoms. The summed E-state index contributed by atoms with van der Waals surface area (Å²) in [5, 5.41) is 4.06. The van der Waals surface area contributed by atoms with Crippen LogP contribution in [0.15, 0.2) is 35.0 Å². The highest BCUT2D eigenvalue weighted by Gasteiger charge is 2.19. The number of benzene rings is 1. The summed E-state index contributed by atoms with van der Waals surface area (Å²) in [6, 6.07) is 5.75. The summed E-state index contributed by atoms with van der Waals surface area (Å²) in [6.07, 6.45) is 0. The summed E-state index contributed by atoms with van der Waals surface area (Å²) in [6.45, 7) is 1.34. The minimum Gasteiger partial charge on any atom is -0.383 e. The van der Waals surface area contributed by atoms with Gasteiger partial charge in [-0.15, -0.1) is 0 Å². The fraction of sp³-hybridized carbons (Fsp3) is 0.267. The second kappa shape index (κ2) is 7.54. The number of amides is 1. The van der Waals surface area contributed by atoms with Gasteiger partial charge in [-0.2, -0.15) is 11.3 Å². The summed E-state index contributed by atoms with van der Waals surface area (Å²) in [5.74, 6) is -0.693. The zero-order valence-corrected chi connectivity index (χ0v) is 13.1. The van der Waals surface area contributed by atoms with Gasteiger partial charge in [0.1, 0.15) is 5.82 Å². The lowest BCUT2D eigenvalue weighted by atomic mass is 10.1. The van der Waals surface area contributed by atoms with E-state index >= 15 is 0 Å². The number of methoxy groups -OCH3 is 1. The van der Waals surface area contributed by atoms with Gasteiger partial charge in [-0.1, -0.05) is 11.6 Å². The van der Waals surface area contributed by atoms with E-state index in [4.69, 9.17) is 16.3 Å². The number of ether oxygens (including phenoxy) is 1. The molecule has 0 aliphatic rings. The minimum atomic E-state index is -0.460. The molecule has 0 atom stereocenters. The third kappa shape index (κ3) is 4.27. The van der Waals surface area contributed by atoms with Crippen molar-refractivity contribution < 1.29 is 13.9 Å². The maximum absolute atomic E-state index is 13.1. The Bertz CT molecular complexity index is 604. The van der Waals surface area contributed by atoms with Crippen molar-refractivity contribution in [3.8, 4) is 0 Å². The molecule has 2 rings (SSSR count). The summed E-state index contributed by atoms with van der Waals surface area (Å²) >= 11 is 7.54. The van der Waals surface area contributed by atoms with E-state index in [-0.39, 0.29) is 10.9 Å². The van der Waals surface area contributed by atoms with Crippen molar-refractivity contribution >= 4 is 28.8 Å². The summed E-state index contributed by atoms with van der Waals surface area (Å²) in [7, 11) is 1.58. The van der Waals surface area contributed by atoms with E-state index in [1.807, 2.05) is 16.8 Å². The molecule has 3 nitrogen and oxygen atoms in total. The van der Waals surface area contributed by atoms with Crippen LogP contribution in [0.2, 0.25) is 5.02 Å². The molecule has 0 saturated heterocycles. The highest BCUT2D eigenvalue weighted by molar-refractivity contribution is 7.07. The highest BCUT2D eigenvalue weighted by Crippen LogP contribution is 2.20. The molecule has 0 radical (unpaired) electrons. The van der Waals surface area contributed by atoms with Crippen molar-refractivity contribution in [2.24, 2.45) is 0 Å². The number of hydrogen-bond acceptors (Lipinski definition) is 3. The van der Waals surface area contributed by atoms with Crippen LogP contribution < -0.4 is 0 Å². The highest BCUT2D eigenvalue weighted by atomic mass is 35.5. The lowest BCUT2D eigenvalue weighted by molar-refractivity contribution is 0.0681. The zero-order chi connectivity index (χ0) is 15.2. The molecule has 0 saturated carbocycles. The van der Waals surface area contributed by atoms with Gasteiger partial charge < -0.3 is 9.64 Å². The van der Waals surface area contributed by atoms with Gasteiger partial charge in [-0.05, 0) is 40.6 Å². The first-order chi connectivity index (χ1) is 10.1. The van der Waals surface area contributed by atoms with E-state index in [1.165, 1.54) is 12.1 Å². The lowest BCUT2D eigenvalue weighted by Crippen LogP contribution is -2.33. The van der Waals surface area contributed by atoms with Crippen LogP contribution >= 0.6 is 22.9 Å². The van der Waals surface area contributed by atoms with Crippen LogP contribution in [0.4, 0.5) is 4.39 Å². The van der Waals surface area contributed by atoms with E-state index in [0.717, 1.165) is 11.6 Å². The molecule has 2 aromatic rings. The quantitative estimate of drug-likeness (QED) is 0.807. The van der Waals surface area contributed by atoms with Crippen molar-refractivity contribution in [2.75, 3.05) is 20.3 Å². The first-order valence-corrected chi connectivity index (χ1v) is 7.68. The standard InChI is InChI=1S/C15H15ClFNO2S/c1-20-6-5-18(9-11-4-7-21-10-11)15(19)13-3-2-12(17)8-14(13)16/h2-4,7-8,10H,5-6,9H2,1H3. The van der Waals surface area contributed by atoms with Crippen molar-refractivity contribution in [3.05, 3.63) is 57.0 Å². The Morgan fingerprint density at radius 1 is 1.43 bits per heavy atom. The zero-order valence-electron chi connectivity index (χ0n) is 11.5. The van der Waals surface area contributed by atoms with E-state index in [0.29, 0.717) is 25.3 Å². The molecule has 0 N–H and O–H groups in total. The number of nitrogens with zero attached hydrogens (tertiary/aromatic N) is 1. The first-order valence-electron chi connectivity index (χ1n) is 6.36. The smallest absolute Gasteiger partial charge is 0.255 e. The Hall–Kier alpha value is -1.43. The van der Waals surface area contributed by atoms with Crippen molar-refractivity contribution in [1.29, 1.82) is 0 Å². The summed E-state index contributed by atoms with van der Waals surface area (Å²) in [4.78, 5) is 14.2. The summed E-state index contributed by atoms with van der Waals surface area (Å²) in [5.41, 5.74) is 1.34. The monoisotopic (exact) mass is 327 g/mol. The molecule has 0 aliphatic carbocycles. The molecule has 0 spiro atoms. The number of halogens is 2. The molecule has 1 aromatic heterocycles. The fourth-order valence-corrected chi connectivity index (χ4v) is 2.80. The number of carbonyl (C=O) groups is 1. The number of carbonyl (C=O) groups excluding carboxylic acids is 1. The third-order valence-electron chi connectivity index (χ3n) is 2.97. The molecule has 1 heterocycles. The molecule has 0 unspecified atom stereocenters. The molecule has 1 amide bonds. The van der Waals surface area contributed by atoms with Crippen molar-refractivity contribution in [3.63, 3.8) is 0 Å². The second-order valence-electron chi connectivity index (χ2n) is 4.48. The van der Waals surface area contributed by atoms with Gasteiger partial charge in [-0.25, -0.2) is 4.39 Å². The summed E-state index contributed by atoms with van der Waals surface area (Å²) < 4.78 is 18.1. The Morgan fingerprint density at radius 2 is 2.24 bits per heavy atom. The van der Waals surface area contributed by atoms with E-state index < -0.39 is 5.82 Å². The van der Waals surface area contributed by atoms with Gasteiger partial charge in [0, 0.05) is 20.2 Å². The third-order valence-corrected chi connectivity index (χ3v) is 4.01. The van der Waals surface area contributed by atoms with Crippen LogP contribution in [0.25, 0.3) is 0 Å². The molecular weight excluding hydrogens is 313 g/mol. The van der Waals surface area contributed by atoms with Gasteiger partial charge in [-0.3, -0.25) is 4.79 Å². The van der Waals surface area contributed by atoms with Crippen molar-refractivity contribution in [2.45, 2.75) is 6.54 Å². The van der Waals surface area contributed by atoms with Gasteiger partial charge in [0.15, 0.2) is 0 Å². The van der Waals surface area contributed by atoms with E-state index in [9.17, 15) is 9.18 Å². The maximum atomic E-state index is 13.1. The molecular formula is C15H15ClFNO2S. The average Bonchev–Trinajstić information content (AvgIpc) is 2.95. The lowest BCUT2D eigenvalue weighted by Gasteiger charge is -2.22. The molecule has 0 aliphatic heterocycles. The normalized spacial score (nSPS) is 10.6. The molecule has 0 fully saturated rings. The van der Waals surface area contributed by atoms with Gasteiger partial charge in [0.25, 0.3) is 5.91 Å². The van der Waals surface area contributed by atoms with Crippen LogP contribution in [-0.4, -0.2) is 31.1 Å². The molecule has 112 valence electrons. The molecule has 21 heavy (non-hydrogen) atoms. The van der Waals surface area contributed by atoms with Crippen LogP contribution in [0.3, 0.4) is 0 Å². The maximum Gasteiger partial charge on any atom is 0.255 e. The second-order valence-corrected chi connectivity index (χ2v) is 5.66. The Kier molecular flexibility index (Phi) is 5.73. The van der Waals surface area contributed by atoms with Crippen molar-refractivity contribution in [1.82, 2.24) is 4.90 Å². The predicted molar refractivity (Wildman–Crippen MR) is 82.3 cm³/mol. The Morgan fingerprint density at radius 3 is 2.86 bits per heavy atom. The van der Waals surface area contributed by atoms with E-state index in [2.05, 4.69) is 0 Å². The topological polar surface area (TPSA) is 29.5 Å². The Balaban J connectivity index is 2.20. The SMILES string of the molecule is COCCN(Cc1ccsc1)C(=O)c1ccc(F)cc1Cl. The van der Waals surface area contributed by atoms with Crippen LogP contribution in [0.5, 0.6) is 0 Å². The average molecular weight is 328 g/mol. The predicted octanol–water partition coefficient (Wildman–Crippen LogP) is 3.83. The number of hydrogen-bond donors (Lipinski definition) is 0. The van der Waals surface area contributed by atoms with Crippen LogP contribution in [-0.2, 0) is 11.3 Å². The molecule has 1 aromatic carbocycles. The number of rotatable bonds is 6. The molecule has 6 heteroatoms. The van der Waals surface area contributed by atoms with Gasteiger partial charge >= 0.3 is 0 Å². The van der Waals surface area contributed by atoms with Crippen LogP contribution in [0, 0.1) is 5.82 Å². The van der Waals surface area contributed by atoms with Gasteiger partial charge in [0.2, 0.25) is 0 Å². The Labute approximate surface area is 131 Å². The van der Waals surface area contributed by atoms with Gasteiger partial charge in [0.05, 0.1) is 17.2 Å². The largest absolute Gasteiger partial charge is 0.383 e. The van der Waals surface area contributed by atoms with E-state index in [1.54, 1.807) is 23.3 Å². The number of thiophene rings is 1.